The Kier molecular flexibility index (Phi) is 58.1. The van der Waals surface area contributed by atoms with E-state index in [4.69, 9.17) is 14.2 Å². The van der Waals surface area contributed by atoms with Crippen LogP contribution >= 0.6 is 0 Å². The summed E-state index contributed by atoms with van der Waals surface area (Å²) in [4.78, 5) is 38.1. The number of ether oxygens (including phenoxy) is 3. The molecule has 0 aromatic heterocycles. The van der Waals surface area contributed by atoms with Crippen molar-refractivity contribution in [2.75, 3.05) is 13.2 Å². The molecule has 0 radical (unpaired) electrons. The first-order chi connectivity index (χ1) is 38.0. The van der Waals surface area contributed by atoms with Crippen molar-refractivity contribution in [2.24, 2.45) is 0 Å². The standard InChI is InChI=1S/C71H106O6/c1-4-7-10-13-16-19-22-25-28-29-30-31-32-33-34-35-36-37-38-39-40-41-44-46-49-52-55-58-61-64-70(73)76-67-68(77-71(74)65-62-59-56-53-50-47-43-27-24-21-18-15-12-9-6-3)66-75-69(72)63-60-57-54-51-48-45-42-26-23-20-17-14-11-8-5-2/h7-12,16-21,25-28,30-31,33-34,36-37,42-43,48,50-51,53,57,59-60,62,68H,4-6,13-15,22-24,29,32,35,38-41,44-47,49,52,54-56,58,61,63-67H2,1-3H3/b10-7-,11-8-,12-9-,19-16-,20-17-,21-18-,28-25-,31-30-,34-33-,37-36-,42-26-,43-27-,51-48-,53-50-,60-57-,62-59-. The Morgan fingerprint density at radius 3 is 0.844 bits per heavy atom. The topological polar surface area (TPSA) is 78.9 Å². The molecule has 0 N–H and O–H groups in total. The van der Waals surface area contributed by atoms with E-state index in [0.29, 0.717) is 19.3 Å². The average molecular weight is 1060 g/mol. The van der Waals surface area contributed by atoms with E-state index in [1.165, 1.54) is 44.9 Å². The second kappa shape index (κ2) is 62.8. The summed E-state index contributed by atoms with van der Waals surface area (Å²) in [5, 5.41) is 0. The molecule has 77 heavy (non-hydrogen) atoms. The zero-order valence-electron chi connectivity index (χ0n) is 48.6. The predicted octanol–water partition coefficient (Wildman–Crippen LogP) is 20.6. The van der Waals surface area contributed by atoms with Gasteiger partial charge >= 0.3 is 17.9 Å². The van der Waals surface area contributed by atoms with E-state index >= 15 is 0 Å². The van der Waals surface area contributed by atoms with Crippen molar-refractivity contribution in [1.82, 2.24) is 0 Å². The van der Waals surface area contributed by atoms with Crippen LogP contribution in [0.25, 0.3) is 0 Å². The third kappa shape index (κ3) is 61.0. The van der Waals surface area contributed by atoms with Crippen LogP contribution in [0.3, 0.4) is 0 Å². The third-order valence-corrected chi connectivity index (χ3v) is 11.6. The molecule has 0 aliphatic rings. The molecule has 0 fully saturated rings. The number of carbonyl (C=O) groups excluding carboxylic acids is 3. The van der Waals surface area contributed by atoms with Crippen LogP contribution in [0.15, 0.2) is 194 Å². The lowest BCUT2D eigenvalue weighted by Crippen LogP contribution is -2.30. The smallest absolute Gasteiger partial charge is 0.310 e. The lowest BCUT2D eigenvalue weighted by Gasteiger charge is -2.17. The fourth-order valence-electron chi connectivity index (χ4n) is 7.30. The highest BCUT2D eigenvalue weighted by atomic mass is 16.6. The first-order valence-electron chi connectivity index (χ1n) is 29.9. The summed E-state index contributed by atoms with van der Waals surface area (Å²) >= 11 is 0. The minimum atomic E-state index is -0.886. The Bertz CT molecular complexity index is 1880. The Morgan fingerprint density at radius 1 is 0.273 bits per heavy atom. The monoisotopic (exact) mass is 1050 g/mol. The van der Waals surface area contributed by atoms with Gasteiger partial charge in [-0.3, -0.25) is 14.4 Å². The van der Waals surface area contributed by atoms with Gasteiger partial charge in [0.2, 0.25) is 0 Å². The van der Waals surface area contributed by atoms with Crippen LogP contribution in [-0.2, 0) is 28.6 Å². The van der Waals surface area contributed by atoms with Crippen molar-refractivity contribution < 1.29 is 28.6 Å². The van der Waals surface area contributed by atoms with E-state index in [9.17, 15) is 14.4 Å². The molecule has 1 unspecified atom stereocenters. The molecule has 0 aliphatic heterocycles. The Labute approximate surface area is 471 Å². The van der Waals surface area contributed by atoms with Crippen molar-refractivity contribution in [1.29, 1.82) is 0 Å². The zero-order valence-corrected chi connectivity index (χ0v) is 48.6. The van der Waals surface area contributed by atoms with Crippen molar-refractivity contribution in [2.45, 2.75) is 219 Å². The maximum Gasteiger partial charge on any atom is 0.310 e. The minimum absolute atomic E-state index is 0.0665. The van der Waals surface area contributed by atoms with Gasteiger partial charge in [-0.1, -0.05) is 267 Å². The second-order valence-corrected chi connectivity index (χ2v) is 18.8. The predicted molar refractivity (Wildman–Crippen MR) is 334 cm³/mol. The zero-order chi connectivity index (χ0) is 55.7. The summed E-state index contributed by atoms with van der Waals surface area (Å²) in [5.74, 6) is -1.24. The molecule has 0 heterocycles. The highest BCUT2D eigenvalue weighted by Crippen LogP contribution is 2.13. The van der Waals surface area contributed by atoms with Gasteiger partial charge in [-0.05, 0) is 122 Å². The number of rotatable bonds is 51. The number of hydrogen-bond donors (Lipinski definition) is 0. The van der Waals surface area contributed by atoms with Gasteiger partial charge < -0.3 is 14.2 Å². The largest absolute Gasteiger partial charge is 0.462 e. The Balaban J connectivity index is 4.48. The van der Waals surface area contributed by atoms with E-state index < -0.39 is 18.0 Å². The van der Waals surface area contributed by atoms with Crippen molar-refractivity contribution in [3.63, 3.8) is 0 Å². The number of allylic oxidation sites excluding steroid dienone is 30. The van der Waals surface area contributed by atoms with E-state index in [1.54, 1.807) is 12.2 Å². The molecule has 0 saturated heterocycles. The molecule has 6 heteroatoms. The molecule has 0 aliphatic carbocycles. The molecule has 0 amide bonds. The molecule has 0 spiro atoms. The average Bonchev–Trinajstić information content (AvgIpc) is 3.43. The van der Waals surface area contributed by atoms with E-state index in [2.05, 4.69) is 191 Å². The van der Waals surface area contributed by atoms with Gasteiger partial charge in [0.15, 0.2) is 6.10 Å². The molecule has 0 aromatic carbocycles. The number of unbranched alkanes of at least 4 members (excludes halogenated alkanes) is 10. The SMILES string of the molecule is CC/C=C\C/C=C\C/C=C\C/C=C\C/C=C\C/C=C\CCCCCCCCCCCCC(=O)OCC(COC(=O)C/C=C\C/C=C\C/C=C\C/C=C\C/C=C\CC)OC(=O)C/C=C\C/C=C\C/C=C\C/C=C\C/C=C\CC. The van der Waals surface area contributed by atoms with Gasteiger partial charge in [0, 0.05) is 6.42 Å². The first kappa shape index (κ1) is 71.2. The van der Waals surface area contributed by atoms with Crippen LogP contribution in [0.1, 0.15) is 213 Å². The minimum Gasteiger partial charge on any atom is -0.462 e. The molecular formula is C71H106O6. The Morgan fingerprint density at radius 2 is 0.519 bits per heavy atom. The molecule has 426 valence electrons. The molecule has 0 bridgehead atoms. The van der Waals surface area contributed by atoms with E-state index in [1.807, 2.05) is 12.2 Å². The van der Waals surface area contributed by atoms with Gasteiger partial charge in [-0.15, -0.1) is 0 Å². The lowest BCUT2D eigenvalue weighted by molar-refractivity contribution is -0.166. The van der Waals surface area contributed by atoms with Gasteiger partial charge in [0.05, 0.1) is 12.8 Å². The quantitative estimate of drug-likeness (QED) is 0.0261. The third-order valence-electron chi connectivity index (χ3n) is 11.6. The Hall–Kier alpha value is -5.75. The molecule has 0 aromatic rings. The van der Waals surface area contributed by atoms with Gasteiger partial charge in [0.25, 0.3) is 0 Å². The van der Waals surface area contributed by atoms with Crippen LogP contribution in [0.2, 0.25) is 0 Å². The molecule has 6 nitrogen and oxygen atoms in total. The summed E-state index contributed by atoms with van der Waals surface area (Å²) in [5.41, 5.74) is 0. The summed E-state index contributed by atoms with van der Waals surface area (Å²) in [6.45, 7) is 6.09. The number of esters is 3. The number of carbonyl (C=O) groups is 3. The summed E-state index contributed by atoms with van der Waals surface area (Å²) in [6.07, 6.45) is 96.3. The molecule has 0 saturated carbocycles. The van der Waals surface area contributed by atoms with E-state index in [-0.39, 0.29) is 32.0 Å². The van der Waals surface area contributed by atoms with Crippen LogP contribution < -0.4 is 0 Å². The van der Waals surface area contributed by atoms with Crippen LogP contribution in [0.5, 0.6) is 0 Å². The fraction of sp³-hybridized carbons (Fsp3) is 0.507. The maximum absolute atomic E-state index is 12.8. The van der Waals surface area contributed by atoms with E-state index in [0.717, 1.165) is 116 Å². The lowest BCUT2D eigenvalue weighted by atomic mass is 10.1. The highest BCUT2D eigenvalue weighted by Gasteiger charge is 2.19. The molecule has 1 atom stereocenters. The maximum atomic E-state index is 12.8. The fourth-order valence-corrected chi connectivity index (χ4v) is 7.30. The van der Waals surface area contributed by atoms with Gasteiger partial charge in [0.1, 0.15) is 13.2 Å². The van der Waals surface area contributed by atoms with Crippen LogP contribution in [0, 0.1) is 0 Å². The first-order valence-corrected chi connectivity index (χ1v) is 29.9. The van der Waals surface area contributed by atoms with Crippen LogP contribution in [0.4, 0.5) is 0 Å². The van der Waals surface area contributed by atoms with Crippen LogP contribution in [-0.4, -0.2) is 37.2 Å². The summed E-state index contributed by atoms with van der Waals surface area (Å²) in [6, 6.07) is 0. The molecule has 0 rings (SSSR count). The number of hydrogen-bond acceptors (Lipinski definition) is 6. The summed E-state index contributed by atoms with van der Waals surface area (Å²) in [7, 11) is 0. The van der Waals surface area contributed by atoms with Gasteiger partial charge in [-0.2, -0.15) is 0 Å². The summed E-state index contributed by atoms with van der Waals surface area (Å²) < 4.78 is 16.6. The van der Waals surface area contributed by atoms with Gasteiger partial charge in [-0.25, -0.2) is 0 Å². The second-order valence-electron chi connectivity index (χ2n) is 18.8. The van der Waals surface area contributed by atoms with Crippen molar-refractivity contribution in [3.05, 3.63) is 194 Å². The highest BCUT2D eigenvalue weighted by molar-refractivity contribution is 5.72. The molecular weight excluding hydrogens is 949 g/mol. The normalized spacial score (nSPS) is 13.5. The van der Waals surface area contributed by atoms with Crippen molar-refractivity contribution >= 4 is 17.9 Å². The van der Waals surface area contributed by atoms with Crippen molar-refractivity contribution in [3.8, 4) is 0 Å².